The van der Waals surface area contributed by atoms with Crippen LogP contribution in [0.4, 0.5) is 0 Å². The zero-order chi connectivity index (χ0) is 21.1. The quantitative estimate of drug-likeness (QED) is 0.370. The summed E-state index contributed by atoms with van der Waals surface area (Å²) >= 11 is 0. The van der Waals surface area contributed by atoms with Crippen LogP contribution in [0.1, 0.15) is 13.3 Å². The lowest BCUT2D eigenvalue weighted by atomic mass is 10.1. The molecule has 0 saturated carbocycles. The summed E-state index contributed by atoms with van der Waals surface area (Å²) in [7, 11) is 2.25. The molecule has 0 radical (unpaired) electrons. The molecule has 0 aromatic carbocycles. The molecule has 0 aromatic rings. The number of aldehydes is 1. The Morgan fingerprint density at radius 1 is 1.15 bits per heavy atom. The van der Waals surface area contributed by atoms with Gasteiger partial charge in [0.15, 0.2) is 6.10 Å². The first-order valence-electron chi connectivity index (χ1n) is 7.82. The molecular weight excluding hydrogens is 364 g/mol. The number of methoxy groups -OCH3 is 1. The number of carboxylic acid groups (broad SMARTS) is 1. The van der Waals surface area contributed by atoms with Gasteiger partial charge < -0.3 is 29.2 Å². The van der Waals surface area contributed by atoms with Crippen molar-refractivity contribution in [1.29, 1.82) is 0 Å². The van der Waals surface area contributed by atoms with Crippen molar-refractivity contribution in [3.63, 3.8) is 0 Å². The Kier molecular flexibility index (Phi) is 18.0. The van der Waals surface area contributed by atoms with Gasteiger partial charge in [0.2, 0.25) is 0 Å². The van der Waals surface area contributed by atoms with Crippen molar-refractivity contribution < 1.29 is 48.3 Å². The Bertz CT molecular complexity index is 486. The predicted octanol–water partition coefficient (Wildman–Crippen LogP) is -0.114. The molecule has 10 heteroatoms. The van der Waals surface area contributed by atoms with E-state index >= 15 is 0 Å². The highest BCUT2D eigenvalue weighted by molar-refractivity contribution is 5.86. The SMILES string of the molecule is C/C=C\C(=O)O.CO.COC(=O)/C=C\C=O.O=COC1COC2CCOC12. The molecule has 0 aliphatic carbocycles. The maximum absolute atomic E-state index is 10.1. The number of aliphatic hydroxyl groups is 1. The van der Waals surface area contributed by atoms with Gasteiger partial charge in [0.1, 0.15) is 12.4 Å². The highest BCUT2D eigenvalue weighted by Crippen LogP contribution is 2.27. The summed E-state index contributed by atoms with van der Waals surface area (Å²) in [5.41, 5.74) is 0. The largest absolute Gasteiger partial charge is 0.478 e. The number of rotatable bonds is 5. The Balaban J connectivity index is 0. The number of hydrogen-bond acceptors (Lipinski definition) is 9. The summed E-state index contributed by atoms with van der Waals surface area (Å²) in [6, 6.07) is 0. The number of carbonyl (C=O) groups excluding carboxylic acids is 3. The molecule has 2 fully saturated rings. The number of fused-ring (bicyclic) bond motifs is 1. The molecule has 2 heterocycles. The average Bonchev–Trinajstić information content (AvgIpc) is 3.28. The van der Waals surface area contributed by atoms with E-state index in [4.69, 9.17) is 24.4 Å². The van der Waals surface area contributed by atoms with Crippen LogP contribution in [0.3, 0.4) is 0 Å². The molecular formula is C17H26O10. The molecule has 3 atom stereocenters. The van der Waals surface area contributed by atoms with E-state index in [1.54, 1.807) is 6.92 Å². The highest BCUT2D eigenvalue weighted by atomic mass is 16.6. The van der Waals surface area contributed by atoms with E-state index in [-0.39, 0.29) is 18.3 Å². The molecule has 0 spiro atoms. The van der Waals surface area contributed by atoms with Crippen molar-refractivity contribution in [3.05, 3.63) is 24.3 Å². The molecule has 2 N–H and O–H groups in total. The van der Waals surface area contributed by atoms with Gasteiger partial charge in [-0.1, -0.05) is 6.08 Å². The second-order valence-corrected chi connectivity index (χ2v) is 4.62. The predicted molar refractivity (Wildman–Crippen MR) is 92.8 cm³/mol. The zero-order valence-corrected chi connectivity index (χ0v) is 15.5. The summed E-state index contributed by atoms with van der Waals surface area (Å²) in [6.45, 7) is 3.31. The van der Waals surface area contributed by atoms with Crippen LogP contribution in [0.2, 0.25) is 0 Å². The molecule has 2 aliphatic heterocycles. The number of allylic oxidation sites excluding steroid dienone is 2. The van der Waals surface area contributed by atoms with E-state index in [9.17, 15) is 19.2 Å². The normalized spacial score (nSPS) is 22.1. The van der Waals surface area contributed by atoms with Gasteiger partial charge in [-0.2, -0.15) is 0 Å². The van der Waals surface area contributed by atoms with Crippen LogP contribution >= 0.6 is 0 Å². The van der Waals surface area contributed by atoms with Gasteiger partial charge in [-0.3, -0.25) is 9.59 Å². The van der Waals surface area contributed by atoms with Gasteiger partial charge in [0.25, 0.3) is 6.47 Å². The number of aliphatic hydroxyl groups excluding tert-OH is 1. The molecule has 0 aromatic heterocycles. The lowest BCUT2D eigenvalue weighted by Gasteiger charge is -2.12. The topological polar surface area (TPSA) is 146 Å². The maximum Gasteiger partial charge on any atom is 0.330 e. The molecule has 0 amide bonds. The van der Waals surface area contributed by atoms with Crippen LogP contribution in [-0.2, 0) is 38.1 Å². The number of esters is 1. The average molecular weight is 390 g/mol. The van der Waals surface area contributed by atoms with E-state index in [2.05, 4.69) is 4.74 Å². The number of hydrogen-bond donors (Lipinski definition) is 2. The Hall–Kier alpha value is -2.56. The number of ether oxygens (including phenoxy) is 4. The first kappa shape index (κ1) is 26.7. The van der Waals surface area contributed by atoms with Crippen molar-refractivity contribution in [2.24, 2.45) is 0 Å². The summed E-state index contributed by atoms with van der Waals surface area (Å²) in [6.07, 6.45) is 6.07. The first-order chi connectivity index (χ1) is 13.0. The van der Waals surface area contributed by atoms with E-state index in [0.29, 0.717) is 26.0 Å². The standard InChI is InChI=1S/C7H10O4.C5H6O3.C4H6O2.CH4O/c8-4-11-6-3-10-5-1-2-9-7(5)6;1-8-5(7)3-2-4-6;1-2-3-4(5)6;1-2/h4-7H,1-3H2;2-4H,1H3;2-3H,1H3,(H,5,6);2H,1H3/b;2*3-2-;. The number of aliphatic carboxylic acids is 1. The van der Waals surface area contributed by atoms with E-state index in [1.165, 1.54) is 13.2 Å². The van der Waals surface area contributed by atoms with Crippen LogP contribution in [0, 0.1) is 0 Å². The zero-order valence-electron chi connectivity index (χ0n) is 15.5. The molecule has 27 heavy (non-hydrogen) atoms. The van der Waals surface area contributed by atoms with Gasteiger partial charge in [-0.05, 0) is 19.4 Å². The van der Waals surface area contributed by atoms with Crippen LogP contribution < -0.4 is 0 Å². The third-order valence-electron chi connectivity index (χ3n) is 2.97. The Morgan fingerprint density at radius 3 is 2.26 bits per heavy atom. The minimum absolute atomic E-state index is 0.0137. The fourth-order valence-corrected chi connectivity index (χ4v) is 1.95. The number of carbonyl (C=O) groups is 4. The molecule has 2 aliphatic rings. The first-order valence-corrected chi connectivity index (χ1v) is 7.82. The van der Waals surface area contributed by atoms with Gasteiger partial charge in [-0.25, -0.2) is 9.59 Å². The molecule has 3 unspecified atom stereocenters. The van der Waals surface area contributed by atoms with Crippen molar-refractivity contribution >= 4 is 24.7 Å². The Morgan fingerprint density at radius 2 is 1.81 bits per heavy atom. The smallest absolute Gasteiger partial charge is 0.330 e. The summed E-state index contributed by atoms with van der Waals surface area (Å²) in [5.74, 6) is -1.41. The van der Waals surface area contributed by atoms with Crippen molar-refractivity contribution in [2.75, 3.05) is 27.4 Å². The van der Waals surface area contributed by atoms with Crippen molar-refractivity contribution in [3.8, 4) is 0 Å². The van der Waals surface area contributed by atoms with E-state index in [1.807, 2.05) is 0 Å². The number of carboxylic acids is 1. The van der Waals surface area contributed by atoms with Gasteiger partial charge in [0, 0.05) is 25.9 Å². The molecule has 10 nitrogen and oxygen atoms in total. The van der Waals surface area contributed by atoms with Crippen LogP contribution in [0.15, 0.2) is 24.3 Å². The third-order valence-corrected chi connectivity index (χ3v) is 2.97. The lowest BCUT2D eigenvalue weighted by molar-refractivity contribution is -0.138. The minimum Gasteiger partial charge on any atom is -0.478 e. The third kappa shape index (κ3) is 13.3. The molecule has 154 valence electrons. The molecule has 2 rings (SSSR count). The summed E-state index contributed by atoms with van der Waals surface area (Å²) in [5, 5.41) is 14.8. The van der Waals surface area contributed by atoms with Crippen LogP contribution in [0.5, 0.6) is 0 Å². The monoisotopic (exact) mass is 390 g/mol. The van der Waals surface area contributed by atoms with Gasteiger partial charge in [-0.15, -0.1) is 0 Å². The maximum atomic E-state index is 10.1. The van der Waals surface area contributed by atoms with Crippen molar-refractivity contribution in [2.45, 2.75) is 31.7 Å². The minimum atomic E-state index is -0.891. The second kappa shape index (κ2) is 18.2. The summed E-state index contributed by atoms with van der Waals surface area (Å²) < 4.78 is 19.6. The van der Waals surface area contributed by atoms with Gasteiger partial charge >= 0.3 is 11.9 Å². The fourth-order valence-electron chi connectivity index (χ4n) is 1.95. The van der Waals surface area contributed by atoms with E-state index < -0.39 is 11.9 Å². The van der Waals surface area contributed by atoms with Crippen LogP contribution in [0.25, 0.3) is 0 Å². The molecule has 0 bridgehead atoms. The van der Waals surface area contributed by atoms with Crippen molar-refractivity contribution in [1.82, 2.24) is 0 Å². The summed E-state index contributed by atoms with van der Waals surface area (Å²) in [4.78, 5) is 39.2. The highest BCUT2D eigenvalue weighted by Gasteiger charge is 2.42. The van der Waals surface area contributed by atoms with Crippen LogP contribution in [-0.4, -0.2) is 80.7 Å². The second-order valence-electron chi connectivity index (χ2n) is 4.62. The van der Waals surface area contributed by atoms with E-state index in [0.717, 1.165) is 31.8 Å². The lowest BCUT2D eigenvalue weighted by Crippen LogP contribution is -2.29. The van der Waals surface area contributed by atoms with Gasteiger partial charge in [0.05, 0.1) is 19.8 Å². The molecule has 2 saturated heterocycles. The fraction of sp³-hybridized carbons (Fsp3) is 0.529. The Labute approximate surface area is 157 Å².